The van der Waals surface area contributed by atoms with Crippen LogP contribution in [0.2, 0.25) is 0 Å². The fourth-order valence-corrected chi connectivity index (χ4v) is 2.10. The van der Waals surface area contributed by atoms with E-state index in [1.807, 2.05) is 43.9 Å². The van der Waals surface area contributed by atoms with Crippen molar-refractivity contribution in [1.82, 2.24) is 0 Å². The molecule has 2 aromatic rings. The molecule has 0 saturated heterocycles. The number of aryl methyl sites for hydroxylation is 1. The molecule has 1 aromatic heterocycles. The Morgan fingerprint density at radius 3 is 2.32 bits per heavy atom. The van der Waals surface area contributed by atoms with Gasteiger partial charge in [0, 0.05) is 31.9 Å². The number of anilines is 1. The minimum atomic E-state index is -0.328. The molecule has 0 aliphatic carbocycles. The molecule has 1 aromatic carbocycles. The Balaban J connectivity index is 2.17. The van der Waals surface area contributed by atoms with E-state index in [0.29, 0.717) is 5.56 Å². The molecule has 0 radical (unpaired) electrons. The molecule has 0 unspecified atom stereocenters. The minimum Gasteiger partial charge on any atom is -0.465 e. The fourth-order valence-electron chi connectivity index (χ4n) is 2.10. The molecule has 0 aliphatic heterocycles. The van der Waals surface area contributed by atoms with Crippen molar-refractivity contribution in [2.75, 3.05) is 26.1 Å². The van der Waals surface area contributed by atoms with E-state index in [2.05, 4.69) is 29.2 Å². The van der Waals surface area contributed by atoms with Crippen LogP contribution in [0.1, 0.15) is 21.6 Å². The van der Waals surface area contributed by atoms with Crippen molar-refractivity contribution in [3.05, 3.63) is 59.4 Å². The molecule has 2 rings (SSSR count). The molecule has 114 valence electrons. The van der Waals surface area contributed by atoms with Crippen LogP contribution in [0, 0.1) is 0 Å². The largest absolute Gasteiger partial charge is 0.465 e. The number of benzene rings is 1. The van der Waals surface area contributed by atoms with E-state index < -0.39 is 0 Å². The lowest BCUT2D eigenvalue weighted by Crippen LogP contribution is -2.32. The van der Waals surface area contributed by atoms with E-state index in [9.17, 15) is 4.79 Å². The van der Waals surface area contributed by atoms with Crippen LogP contribution in [-0.2, 0) is 11.8 Å². The predicted octanol–water partition coefficient (Wildman–Crippen LogP) is 2.53. The number of rotatable bonds is 4. The first kappa shape index (κ1) is 15.8. The molecule has 0 aliphatic rings. The van der Waals surface area contributed by atoms with Crippen LogP contribution >= 0.6 is 0 Å². The summed E-state index contributed by atoms with van der Waals surface area (Å²) in [7, 11) is 7.33. The average molecular weight is 297 g/mol. The summed E-state index contributed by atoms with van der Waals surface area (Å²) >= 11 is 0. The van der Waals surface area contributed by atoms with Crippen LogP contribution in [0.4, 0.5) is 5.69 Å². The number of carbonyl (C=O) groups excluding carboxylic acids is 1. The summed E-state index contributed by atoms with van der Waals surface area (Å²) in [4.78, 5) is 13.6. The third kappa shape index (κ3) is 3.73. The highest BCUT2D eigenvalue weighted by Crippen LogP contribution is 2.14. The van der Waals surface area contributed by atoms with Gasteiger partial charge < -0.3 is 9.64 Å². The van der Waals surface area contributed by atoms with Gasteiger partial charge in [-0.25, -0.2) is 9.36 Å². The fraction of sp³-hybridized carbons (Fsp3) is 0.222. The SMILES string of the molecule is COC(=O)c1ccc(C=Cc2ccc(N(C)C)cc2)[n+](C)c1. The van der Waals surface area contributed by atoms with E-state index in [0.717, 1.165) is 11.3 Å². The Morgan fingerprint density at radius 2 is 1.77 bits per heavy atom. The van der Waals surface area contributed by atoms with Gasteiger partial charge in [-0.1, -0.05) is 12.1 Å². The van der Waals surface area contributed by atoms with E-state index in [1.54, 1.807) is 12.3 Å². The number of carbonyl (C=O) groups is 1. The highest BCUT2D eigenvalue weighted by Gasteiger charge is 2.11. The summed E-state index contributed by atoms with van der Waals surface area (Å²) in [6, 6.07) is 12.0. The number of hydrogen-bond acceptors (Lipinski definition) is 3. The molecule has 0 spiro atoms. The first-order valence-corrected chi connectivity index (χ1v) is 7.04. The van der Waals surface area contributed by atoms with Crippen molar-refractivity contribution in [2.45, 2.75) is 0 Å². The third-order valence-corrected chi connectivity index (χ3v) is 3.45. The maximum absolute atomic E-state index is 11.5. The molecule has 0 fully saturated rings. The van der Waals surface area contributed by atoms with E-state index >= 15 is 0 Å². The van der Waals surface area contributed by atoms with Crippen LogP contribution in [0.15, 0.2) is 42.6 Å². The zero-order valence-electron chi connectivity index (χ0n) is 13.4. The molecule has 4 heteroatoms. The smallest absolute Gasteiger partial charge is 0.343 e. The highest BCUT2D eigenvalue weighted by atomic mass is 16.5. The van der Waals surface area contributed by atoms with E-state index in [1.165, 1.54) is 12.8 Å². The van der Waals surface area contributed by atoms with Crippen molar-refractivity contribution >= 4 is 23.8 Å². The summed E-state index contributed by atoms with van der Waals surface area (Å²) in [5.41, 5.74) is 3.84. The molecule has 22 heavy (non-hydrogen) atoms. The van der Waals surface area contributed by atoms with E-state index in [-0.39, 0.29) is 5.97 Å². The number of aromatic nitrogens is 1. The van der Waals surface area contributed by atoms with Crippen molar-refractivity contribution in [3.63, 3.8) is 0 Å². The van der Waals surface area contributed by atoms with Crippen LogP contribution in [-0.4, -0.2) is 27.2 Å². The number of nitrogens with zero attached hydrogens (tertiary/aromatic N) is 2. The van der Waals surface area contributed by atoms with Gasteiger partial charge in [0.05, 0.1) is 7.11 Å². The molecule has 4 nitrogen and oxygen atoms in total. The first-order chi connectivity index (χ1) is 10.5. The van der Waals surface area contributed by atoms with Gasteiger partial charge in [0.15, 0.2) is 6.20 Å². The summed E-state index contributed by atoms with van der Waals surface area (Å²) < 4.78 is 6.62. The maximum atomic E-state index is 11.5. The molecule has 1 heterocycles. The summed E-state index contributed by atoms with van der Waals surface area (Å²) in [6.07, 6.45) is 5.83. The van der Waals surface area contributed by atoms with Crippen LogP contribution in [0.3, 0.4) is 0 Å². The Hall–Kier alpha value is -2.62. The van der Waals surface area contributed by atoms with Crippen molar-refractivity contribution in [1.29, 1.82) is 0 Å². The molecule has 0 atom stereocenters. The lowest BCUT2D eigenvalue weighted by molar-refractivity contribution is -0.673. The Morgan fingerprint density at radius 1 is 1.09 bits per heavy atom. The highest BCUT2D eigenvalue weighted by molar-refractivity contribution is 5.88. The van der Waals surface area contributed by atoms with Gasteiger partial charge >= 0.3 is 5.97 Å². The number of hydrogen-bond donors (Lipinski definition) is 0. The summed E-state index contributed by atoms with van der Waals surface area (Å²) in [5.74, 6) is -0.328. The van der Waals surface area contributed by atoms with Crippen LogP contribution < -0.4 is 9.47 Å². The molecule has 0 bridgehead atoms. The normalized spacial score (nSPS) is 10.7. The van der Waals surface area contributed by atoms with Gasteiger partial charge in [0.1, 0.15) is 12.6 Å². The molecular weight excluding hydrogens is 276 g/mol. The second-order valence-corrected chi connectivity index (χ2v) is 5.26. The third-order valence-electron chi connectivity index (χ3n) is 3.45. The monoisotopic (exact) mass is 297 g/mol. The lowest BCUT2D eigenvalue weighted by atomic mass is 10.1. The van der Waals surface area contributed by atoms with Gasteiger partial charge in [-0.3, -0.25) is 0 Å². The molecule has 0 amide bonds. The van der Waals surface area contributed by atoms with Gasteiger partial charge in [0.2, 0.25) is 5.69 Å². The number of esters is 1. The quantitative estimate of drug-likeness (QED) is 0.642. The molecular formula is C18H21N2O2+. The zero-order valence-corrected chi connectivity index (χ0v) is 13.4. The Labute approximate surface area is 131 Å². The molecule has 0 saturated carbocycles. The number of pyridine rings is 1. The van der Waals surface area contributed by atoms with Gasteiger partial charge in [-0.05, 0) is 29.8 Å². The molecule has 0 N–H and O–H groups in total. The summed E-state index contributed by atoms with van der Waals surface area (Å²) in [6.45, 7) is 0. The standard InChI is InChI=1S/C18H21N2O2/c1-19(2)16-9-5-14(6-10-16)7-11-17-12-8-15(13-20(17)3)18(21)22-4/h5-13H,1-4H3/q+1. The predicted molar refractivity (Wildman–Crippen MR) is 88.7 cm³/mol. The Kier molecular flexibility index (Phi) is 4.94. The van der Waals surface area contributed by atoms with Crippen molar-refractivity contribution in [2.24, 2.45) is 7.05 Å². The van der Waals surface area contributed by atoms with E-state index in [4.69, 9.17) is 4.74 Å². The summed E-state index contributed by atoms with van der Waals surface area (Å²) in [5, 5.41) is 0. The van der Waals surface area contributed by atoms with Crippen LogP contribution in [0.25, 0.3) is 12.2 Å². The first-order valence-electron chi connectivity index (χ1n) is 7.04. The minimum absolute atomic E-state index is 0.328. The maximum Gasteiger partial charge on any atom is 0.343 e. The number of methoxy groups -OCH3 is 1. The number of ether oxygens (including phenoxy) is 1. The topological polar surface area (TPSA) is 33.4 Å². The van der Waals surface area contributed by atoms with Crippen molar-refractivity contribution < 1.29 is 14.1 Å². The van der Waals surface area contributed by atoms with Gasteiger partial charge in [-0.15, -0.1) is 0 Å². The van der Waals surface area contributed by atoms with Gasteiger partial charge in [-0.2, -0.15) is 0 Å². The van der Waals surface area contributed by atoms with Gasteiger partial charge in [0.25, 0.3) is 0 Å². The average Bonchev–Trinajstić information content (AvgIpc) is 2.53. The van der Waals surface area contributed by atoms with Crippen molar-refractivity contribution in [3.8, 4) is 0 Å². The Bertz CT molecular complexity index is 689. The lowest BCUT2D eigenvalue weighted by Gasteiger charge is -2.11. The zero-order chi connectivity index (χ0) is 16.1. The second kappa shape index (κ2) is 6.89. The second-order valence-electron chi connectivity index (χ2n) is 5.26. The van der Waals surface area contributed by atoms with Crippen LogP contribution in [0.5, 0.6) is 0 Å².